The number of nitrogens with zero attached hydrogens (tertiary/aromatic N) is 1. The molecule has 25 heavy (non-hydrogen) atoms. The maximum absolute atomic E-state index is 11.9. The zero-order valence-corrected chi connectivity index (χ0v) is 14.4. The number of ether oxygens (including phenoxy) is 1. The molecule has 0 heterocycles. The Morgan fingerprint density at radius 3 is 2.36 bits per heavy atom. The van der Waals surface area contributed by atoms with Crippen LogP contribution in [0.25, 0.3) is 0 Å². The van der Waals surface area contributed by atoms with Crippen molar-refractivity contribution in [3.8, 4) is 5.75 Å². The van der Waals surface area contributed by atoms with Crippen LogP contribution in [0.3, 0.4) is 0 Å². The molecular formula is C19H21N3O3. The van der Waals surface area contributed by atoms with E-state index < -0.39 is 11.8 Å². The zero-order valence-electron chi connectivity index (χ0n) is 14.4. The average Bonchev–Trinajstić information content (AvgIpc) is 2.62. The van der Waals surface area contributed by atoms with E-state index in [0.717, 1.165) is 5.56 Å². The third kappa shape index (κ3) is 5.17. The van der Waals surface area contributed by atoms with Gasteiger partial charge < -0.3 is 10.1 Å². The van der Waals surface area contributed by atoms with Crippen LogP contribution in [0.1, 0.15) is 30.9 Å². The summed E-state index contributed by atoms with van der Waals surface area (Å²) < 4.78 is 5.12. The number of nitrogens with one attached hydrogen (secondary N) is 2. The molecule has 2 N–H and O–H groups in total. The van der Waals surface area contributed by atoms with Crippen molar-refractivity contribution in [2.24, 2.45) is 5.10 Å². The molecule has 0 aliphatic rings. The Labute approximate surface area is 146 Å². The SMILES string of the molecule is COc1ccccc1NC(=O)C(=O)NN=Cc1ccc(C(C)C)cc1. The number of anilines is 1. The molecule has 6 nitrogen and oxygen atoms in total. The van der Waals surface area contributed by atoms with Gasteiger partial charge in [0.05, 0.1) is 19.0 Å². The van der Waals surface area contributed by atoms with E-state index in [9.17, 15) is 9.59 Å². The van der Waals surface area contributed by atoms with Crippen molar-refractivity contribution in [1.82, 2.24) is 5.43 Å². The molecule has 6 heteroatoms. The van der Waals surface area contributed by atoms with Gasteiger partial charge in [0.2, 0.25) is 0 Å². The molecule has 0 fully saturated rings. The van der Waals surface area contributed by atoms with Crippen molar-refractivity contribution < 1.29 is 14.3 Å². The van der Waals surface area contributed by atoms with Crippen molar-refractivity contribution in [3.05, 3.63) is 59.7 Å². The number of amides is 2. The lowest BCUT2D eigenvalue weighted by atomic mass is 10.0. The first-order chi connectivity index (χ1) is 12.0. The topological polar surface area (TPSA) is 79.8 Å². The van der Waals surface area contributed by atoms with Crippen molar-refractivity contribution in [2.75, 3.05) is 12.4 Å². The summed E-state index contributed by atoms with van der Waals surface area (Å²) in [5.41, 5.74) is 4.67. The van der Waals surface area contributed by atoms with Crippen molar-refractivity contribution in [2.45, 2.75) is 19.8 Å². The zero-order chi connectivity index (χ0) is 18.2. The number of carbonyl (C=O) groups excluding carboxylic acids is 2. The summed E-state index contributed by atoms with van der Waals surface area (Å²) in [5, 5.41) is 6.28. The summed E-state index contributed by atoms with van der Waals surface area (Å²) >= 11 is 0. The van der Waals surface area contributed by atoms with Crippen LogP contribution in [-0.4, -0.2) is 25.1 Å². The van der Waals surface area contributed by atoms with E-state index in [4.69, 9.17) is 4.74 Å². The fourth-order valence-electron chi connectivity index (χ4n) is 2.11. The van der Waals surface area contributed by atoms with Gasteiger partial charge >= 0.3 is 11.8 Å². The molecule has 2 rings (SSSR count). The fourth-order valence-corrected chi connectivity index (χ4v) is 2.11. The summed E-state index contributed by atoms with van der Waals surface area (Å²) in [5.74, 6) is -0.764. The molecule has 2 amide bonds. The van der Waals surface area contributed by atoms with Crippen LogP contribution in [0.2, 0.25) is 0 Å². The minimum Gasteiger partial charge on any atom is -0.495 e. The summed E-state index contributed by atoms with van der Waals surface area (Å²) in [6.45, 7) is 4.23. The number of hydrazone groups is 1. The van der Waals surface area contributed by atoms with Gasteiger partial charge in [0.25, 0.3) is 0 Å². The van der Waals surface area contributed by atoms with Gasteiger partial charge in [0.15, 0.2) is 0 Å². The van der Waals surface area contributed by atoms with E-state index in [1.165, 1.54) is 18.9 Å². The molecule has 0 saturated heterocycles. The Hall–Kier alpha value is -3.15. The second kappa shape index (κ2) is 8.63. The largest absolute Gasteiger partial charge is 0.495 e. The number of methoxy groups -OCH3 is 1. The van der Waals surface area contributed by atoms with Gasteiger partial charge in [-0.1, -0.05) is 50.2 Å². The first-order valence-electron chi connectivity index (χ1n) is 7.88. The van der Waals surface area contributed by atoms with E-state index in [0.29, 0.717) is 17.4 Å². The number of rotatable bonds is 5. The number of carbonyl (C=O) groups is 2. The van der Waals surface area contributed by atoms with Crippen LogP contribution in [0.5, 0.6) is 5.75 Å². The Morgan fingerprint density at radius 1 is 1.04 bits per heavy atom. The first kappa shape index (κ1) is 18.2. The molecular weight excluding hydrogens is 318 g/mol. The Bertz CT molecular complexity index is 768. The molecule has 0 unspecified atom stereocenters. The maximum Gasteiger partial charge on any atom is 0.329 e. The monoisotopic (exact) mass is 339 g/mol. The second-order valence-electron chi connectivity index (χ2n) is 5.67. The van der Waals surface area contributed by atoms with Gasteiger partial charge in [0, 0.05) is 0 Å². The number of para-hydroxylation sites is 2. The highest BCUT2D eigenvalue weighted by molar-refractivity contribution is 6.39. The standard InChI is InChI=1S/C19H21N3O3/c1-13(2)15-10-8-14(9-11-15)12-20-22-19(24)18(23)21-16-6-4-5-7-17(16)25-3/h4-13H,1-3H3,(H,21,23)(H,22,24). The molecule has 0 saturated carbocycles. The fraction of sp³-hybridized carbons (Fsp3) is 0.211. The average molecular weight is 339 g/mol. The summed E-state index contributed by atoms with van der Waals surface area (Å²) in [6.07, 6.45) is 1.48. The highest BCUT2D eigenvalue weighted by Gasteiger charge is 2.14. The Morgan fingerprint density at radius 2 is 1.72 bits per heavy atom. The van der Waals surface area contributed by atoms with E-state index in [1.54, 1.807) is 24.3 Å². The first-order valence-corrected chi connectivity index (χ1v) is 7.88. The van der Waals surface area contributed by atoms with Crippen molar-refractivity contribution in [1.29, 1.82) is 0 Å². The predicted octanol–water partition coefficient (Wildman–Crippen LogP) is 2.91. The van der Waals surface area contributed by atoms with Gasteiger partial charge in [-0.05, 0) is 29.2 Å². The molecule has 0 radical (unpaired) electrons. The molecule has 0 spiro atoms. The lowest BCUT2D eigenvalue weighted by Gasteiger charge is -2.08. The molecule has 0 aliphatic heterocycles. The third-order valence-corrected chi connectivity index (χ3v) is 3.54. The lowest BCUT2D eigenvalue weighted by molar-refractivity contribution is -0.136. The Balaban J connectivity index is 1.91. The normalized spacial score (nSPS) is 10.7. The van der Waals surface area contributed by atoms with E-state index >= 15 is 0 Å². The predicted molar refractivity (Wildman–Crippen MR) is 97.9 cm³/mol. The second-order valence-corrected chi connectivity index (χ2v) is 5.67. The van der Waals surface area contributed by atoms with Crippen LogP contribution in [0.4, 0.5) is 5.69 Å². The number of hydrogen-bond acceptors (Lipinski definition) is 4. The molecule has 0 bridgehead atoms. The van der Waals surface area contributed by atoms with Gasteiger partial charge in [0.1, 0.15) is 5.75 Å². The van der Waals surface area contributed by atoms with Crippen LogP contribution >= 0.6 is 0 Å². The lowest BCUT2D eigenvalue weighted by Crippen LogP contribution is -2.32. The minimum atomic E-state index is -0.860. The van der Waals surface area contributed by atoms with Crippen molar-refractivity contribution in [3.63, 3.8) is 0 Å². The highest BCUT2D eigenvalue weighted by atomic mass is 16.5. The summed E-state index contributed by atoms with van der Waals surface area (Å²) in [4.78, 5) is 23.7. The molecule has 2 aromatic rings. The summed E-state index contributed by atoms with van der Waals surface area (Å²) in [7, 11) is 1.49. The van der Waals surface area contributed by atoms with Crippen LogP contribution < -0.4 is 15.5 Å². The highest BCUT2D eigenvalue weighted by Crippen LogP contribution is 2.22. The summed E-state index contributed by atoms with van der Waals surface area (Å²) in [6, 6.07) is 14.6. The van der Waals surface area contributed by atoms with E-state index in [-0.39, 0.29) is 0 Å². The number of hydrogen-bond donors (Lipinski definition) is 2. The van der Waals surface area contributed by atoms with E-state index in [1.807, 2.05) is 24.3 Å². The quantitative estimate of drug-likeness (QED) is 0.499. The third-order valence-electron chi connectivity index (χ3n) is 3.54. The molecule has 2 aromatic carbocycles. The molecule has 0 atom stereocenters. The minimum absolute atomic E-state index is 0.415. The molecule has 0 aromatic heterocycles. The van der Waals surface area contributed by atoms with Gasteiger partial charge in [-0.25, -0.2) is 5.43 Å². The number of benzene rings is 2. The molecule has 130 valence electrons. The van der Waals surface area contributed by atoms with Crippen molar-refractivity contribution >= 4 is 23.7 Å². The van der Waals surface area contributed by atoms with Gasteiger partial charge in [-0.15, -0.1) is 0 Å². The maximum atomic E-state index is 11.9. The molecule has 0 aliphatic carbocycles. The van der Waals surface area contributed by atoms with Crippen LogP contribution in [-0.2, 0) is 9.59 Å². The van der Waals surface area contributed by atoms with Gasteiger partial charge in [-0.3, -0.25) is 9.59 Å². The van der Waals surface area contributed by atoms with Crippen LogP contribution in [0, 0.1) is 0 Å². The van der Waals surface area contributed by atoms with Gasteiger partial charge in [-0.2, -0.15) is 5.10 Å². The Kier molecular flexibility index (Phi) is 6.28. The van der Waals surface area contributed by atoms with Crippen LogP contribution in [0.15, 0.2) is 53.6 Å². The van der Waals surface area contributed by atoms with E-state index in [2.05, 4.69) is 29.7 Å². The smallest absolute Gasteiger partial charge is 0.329 e.